The molecule has 0 amide bonds. The molecule has 2 N–H and O–H groups in total. The zero-order chi connectivity index (χ0) is 14.4. The molecule has 6 heteroatoms. The highest BCUT2D eigenvalue weighted by Crippen LogP contribution is 2.30. The molecule has 1 fully saturated rings. The first-order valence-corrected chi connectivity index (χ1v) is 7.50. The van der Waals surface area contributed by atoms with Crippen molar-refractivity contribution in [3.63, 3.8) is 0 Å². The molecule has 1 heterocycles. The molecule has 0 unspecified atom stereocenters. The van der Waals surface area contributed by atoms with Gasteiger partial charge in [0.15, 0.2) is 0 Å². The Labute approximate surface area is 120 Å². The van der Waals surface area contributed by atoms with Crippen LogP contribution >= 0.6 is 0 Å². The maximum absolute atomic E-state index is 5.52. The van der Waals surface area contributed by atoms with E-state index in [1.165, 1.54) is 19.3 Å². The predicted octanol–water partition coefficient (Wildman–Crippen LogP) is 2.84. The van der Waals surface area contributed by atoms with Crippen LogP contribution in [0.4, 0.5) is 11.9 Å². The van der Waals surface area contributed by atoms with Crippen LogP contribution in [-0.4, -0.2) is 34.1 Å². The van der Waals surface area contributed by atoms with Gasteiger partial charge in [-0.15, -0.1) is 0 Å². The molecule has 0 atom stereocenters. The molecule has 1 aliphatic rings. The molecule has 1 aromatic rings. The van der Waals surface area contributed by atoms with Crippen molar-refractivity contribution < 1.29 is 4.74 Å². The first-order chi connectivity index (χ1) is 9.65. The molecule has 0 radical (unpaired) electrons. The van der Waals surface area contributed by atoms with Crippen molar-refractivity contribution >= 4 is 11.9 Å². The second kappa shape index (κ2) is 6.72. The Morgan fingerprint density at radius 1 is 1.10 bits per heavy atom. The van der Waals surface area contributed by atoms with Crippen molar-refractivity contribution in [3.05, 3.63) is 0 Å². The number of nitrogens with one attached hydrogen (secondary N) is 2. The van der Waals surface area contributed by atoms with Crippen LogP contribution in [0.3, 0.4) is 0 Å². The molecule has 1 saturated carbocycles. The highest BCUT2D eigenvalue weighted by Gasteiger charge is 2.27. The normalized spacial score (nSPS) is 17.6. The molecule has 112 valence electrons. The minimum absolute atomic E-state index is 0.0760. The summed E-state index contributed by atoms with van der Waals surface area (Å²) < 4.78 is 5.52. The Balaban J connectivity index is 2.12. The first kappa shape index (κ1) is 14.8. The highest BCUT2D eigenvalue weighted by atomic mass is 16.5. The van der Waals surface area contributed by atoms with Crippen molar-refractivity contribution in [3.8, 4) is 6.01 Å². The van der Waals surface area contributed by atoms with Crippen LogP contribution in [0.25, 0.3) is 0 Å². The SMILES string of the molecule is CCCOc1nc(NC)nc(NC2(C)CCCCC2)n1. The van der Waals surface area contributed by atoms with Gasteiger partial charge in [0, 0.05) is 12.6 Å². The Hall–Kier alpha value is -1.59. The van der Waals surface area contributed by atoms with Crippen molar-refractivity contribution in [2.45, 2.75) is 57.9 Å². The van der Waals surface area contributed by atoms with Crippen LogP contribution in [0, 0.1) is 0 Å². The Morgan fingerprint density at radius 3 is 2.45 bits per heavy atom. The van der Waals surface area contributed by atoms with Crippen LogP contribution in [0.2, 0.25) is 0 Å². The largest absolute Gasteiger partial charge is 0.463 e. The van der Waals surface area contributed by atoms with E-state index in [1.54, 1.807) is 7.05 Å². The molecule has 0 spiro atoms. The van der Waals surface area contributed by atoms with Crippen LogP contribution in [0.5, 0.6) is 6.01 Å². The maximum Gasteiger partial charge on any atom is 0.323 e. The van der Waals surface area contributed by atoms with E-state index in [0.29, 0.717) is 24.5 Å². The van der Waals surface area contributed by atoms with Crippen molar-refractivity contribution in [1.82, 2.24) is 15.0 Å². The van der Waals surface area contributed by atoms with E-state index >= 15 is 0 Å². The fourth-order valence-electron chi connectivity index (χ4n) is 2.51. The first-order valence-electron chi connectivity index (χ1n) is 7.50. The van der Waals surface area contributed by atoms with Gasteiger partial charge in [-0.25, -0.2) is 0 Å². The van der Waals surface area contributed by atoms with Gasteiger partial charge in [-0.1, -0.05) is 26.2 Å². The zero-order valence-electron chi connectivity index (χ0n) is 12.7. The fraction of sp³-hybridized carbons (Fsp3) is 0.786. The molecule has 20 heavy (non-hydrogen) atoms. The van der Waals surface area contributed by atoms with Gasteiger partial charge in [0.05, 0.1) is 6.61 Å². The van der Waals surface area contributed by atoms with Gasteiger partial charge in [-0.3, -0.25) is 0 Å². The van der Waals surface area contributed by atoms with E-state index in [2.05, 4.69) is 39.4 Å². The average Bonchev–Trinajstić information content (AvgIpc) is 2.45. The van der Waals surface area contributed by atoms with Gasteiger partial charge in [-0.2, -0.15) is 15.0 Å². The number of hydrogen-bond donors (Lipinski definition) is 2. The molecule has 1 aromatic heterocycles. The molecule has 2 rings (SSSR count). The molecule has 6 nitrogen and oxygen atoms in total. The Morgan fingerprint density at radius 2 is 1.80 bits per heavy atom. The summed E-state index contributed by atoms with van der Waals surface area (Å²) in [5.41, 5.74) is 0.0760. The highest BCUT2D eigenvalue weighted by molar-refractivity contribution is 5.37. The summed E-state index contributed by atoms with van der Waals surface area (Å²) in [4.78, 5) is 12.9. The summed E-state index contributed by atoms with van der Waals surface area (Å²) >= 11 is 0. The van der Waals surface area contributed by atoms with Gasteiger partial charge in [0.1, 0.15) is 0 Å². The molecule has 0 aromatic carbocycles. The van der Waals surface area contributed by atoms with Gasteiger partial charge >= 0.3 is 6.01 Å². The number of rotatable bonds is 6. The lowest BCUT2D eigenvalue weighted by atomic mass is 9.83. The lowest BCUT2D eigenvalue weighted by Gasteiger charge is -2.34. The number of nitrogens with zero attached hydrogens (tertiary/aromatic N) is 3. The third kappa shape index (κ3) is 3.95. The number of anilines is 2. The third-order valence-corrected chi connectivity index (χ3v) is 3.64. The van der Waals surface area contributed by atoms with E-state index in [0.717, 1.165) is 19.3 Å². The maximum atomic E-state index is 5.52. The van der Waals surface area contributed by atoms with Gasteiger partial charge in [0.25, 0.3) is 0 Å². The number of hydrogen-bond acceptors (Lipinski definition) is 6. The second-order valence-electron chi connectivity index (χ2n) is 5.61. The monoisotopic (exact) mass is 279 g/mol. The molecule has 0 aliphatic heterocycles. The minimum atomic E-state index is 0.0760. The predicted molar refractivity (Wildman–Crippen MR) is 80.3 cm³/mol. The zero-order valence-corrected chi connectivity index (χ0v) is 12.7. The van der Waals surface area contributed by atoms with Crippen molar-refractivity contribution in [1.29, 1.82) is 0 Å². The molecule has 0 bridgehead atoms. The lowest BCUT2D eigenvalue weighted by molar-refractivity contribution is 0.291. The Bertz CT molecular complexity index is 432. The number of ether oxygens (including phenoxy) is 1. The van der Waals surface area contributed by atoms with Crippen LogP contribution in [0.1, 0.15) is 52.4 Å². The summed E-state index contributed by atoms with van der Waals surface area (Å²) in [6.45, 7) is 4.91. The molecule has 0 saturated heterocycles. The van der Waals surface area contributed by atoms with Gasteiger partial charge in [-0.05, 0) is 26.2 Å². The van der Waals surface area contributed by atoms with E-state index in [1.807, 2.05) is 0 Å². The summed E-state index contributed by atoms with van der Waals surface area (Å²) in [7, 11) is 1.80. The van der Waals surface area contributed by atoms with Gasteiger partial charge < -0.3 is 15.4 Å². The van der Waals surface area contributed by atoms with Crippen molar-refractivity contribution in [2.24, 2.45) is 0 Å². The second-order valence-corrected chi connectivity index (χ2v) is 5.61. The summed E-state index contributed by atoms with van der Waals surface area (Å²) in [5, 5.41) is 6.42. The summed E-state index contributed by atoms with van der Waals surface area (Å²) in [6.07, 6.45) is 7.07. The molecule has 1 aliphatic carbocycles. The smallest absolute Gasteiger partial charge is 0.323 e. The summed E-state index contributed by atoms with van der Waals surface area (Å²) in [6, 6.07) is 0.383. The fourth-order valence-corrected chi connectivity index (χ4v) is 2.51. The van der Waals surface area contributed by atoms with Crippen LogP contribution < -0.4 is 15.4 Å². The van der Waals surface area contributed by atoms with Crippen LogP contribution in [0.15, 0.2) is 0 Å². The average molecular weight is 279 g/mol. The van der Waals surface area contributed by atoms with E-state index in [4.69, 9.17) is 4.74 Å². The molecular formula is C14H25N5O. The minimum Gasteiger partial charge on any atom is -0.463 e. The number of aromatic nitrogens is 3. The van der Waals surface area contributed by atoms with Crippen molar-refractivity contribution in [2.75, 3.05) is 24.3 Å². The third-order valence-electron chi connectivity index (χ3n) is 3.64. The molecular weight excluding hydrogens is 254 g/mol. The van der Waals surface area contributed by atoms with Gasteiger partial charge in [0.2, 0.25) is 11.9 Å². The van der Waals surface area contributed by atoms with E-state index in [-0.39, 0.29) is 5.54 Å². The lowest BCUT2D eigenvalue weighted by Crippen LogP contribution is -2.37. The summed E-state index contributed by atoms with van der Waals surface area (Å²) in [5.74, 6) is 1.13. The van der Waals surface area contributed by atoms with E-state index < -0.39 is 0 Å². The van der Waals surface area contributed by atoms with Crippen LogP contribution in [-0.2, 0) is 0 Å². The standard InChI is InChI=1S/C14H25N5O/c1-4-10-20-13-17-11(15-3)16-12(18-13)19-14(2)8-6-5-7-9-14/h4-10H2,1-3H3,(H2,15,16,17,18,19). The quantitative estimate of drug-likeness (QED) is 0.834. The van der Waals surface area contributed by atoms with E-state index in [9.17, 15) is 0 Å². The Kier molecular flexibility index (Phi) is 4.98. The topological polar surface area (TPSA) is 72.0 Å².